The van der Waals surface area contributed by atoms with Crippen LogP contribution in [0.1, 0.15) is 0 Å². The minimum atomic E-state index is -3.56. The van der Waals surface area contributed by atoms with Gasteiger partial charge in [0.25, 0.3) is 5.91 Å². The highest BCUT2D eigenvalue weighted by Crippen LogP contribution is 2.20. The molecule has 1 amide bonds. The molecular weight excluding hydrogens is 456 g/mol. The molecule has 3 rings (SSSR count). The molecule has 1 saturated heterocycles. The Bertz CT molecular complexity index is 896. The summed E-state index contributed by atoms with van der Waals surface area (Å²) in [5.41, 5.74) is 0. The van der Waals surface area contributed by atoms with E-state index in [2.05, 4.69) is 15.9 Å². The van der Waals surface area contributed by atoms with E-state index < -0.39 is 10.0 Å². The number of amides is 1. The van der Waals surface area contributed by atoms with Crippen molar-refractivity contribution in [1.29, 1.82) is 0 Å². The summed E-state index contributed by atoms with van der Waals surface area (Å²) in [4.78, 5) is 14.2. The van der Waals surface area contributed by atoms with Crippen molar-refractivity contribution in [2.45, 2.75) is 4.90 Å². The van der Waals surface area contributed by atoms with Crippen LogP contribution in [0.5, 0.6) is 5.75 Å². The number of sulfonamides is 1. The third kappa shape index (κ3) is 5.01. The summed E-state index contributed by atoms with van der Waals surface area (Å²) < 4.78 is 33.1. The summed E-state index contributed by atoms with van der Waals surface area (Å²) in [6, 6.07) is 13.3. The number of carbonyl (C=O) groups is 1. The van der Waals surface area contributed by atoms with Crippen LogP contribution in [0, 0.1) is 0 Å². The number of rotatable bonds is 5. The summed E-state index contributed by atoms with van der Waals surface area (Å²) in [7, 11) is -3.56. The fourth-order valence-corrected chi connectivity index (χ4v) is 4.51. The van der Waals surface area contributed by atoms with E-state index in [-0.39, 0.29) is 30.5 Å². The van der Waals surface area contributed by atoms with Crippen molar-refractivity contribution < 1.29 is 17.9 Å². The molecule has 6 nitrogen and oxygen atoms in total. The van der Waals surface area contributed by atoms with Crippen LogP contribution >= 0.6 is 27.5 Å². The predicted molar refractivity (Wildman–Crippen MR) is 106 cm³/mol. The van der Waals surface area contributed by atoms with Crippen LogP contribution < -0.4 is 4.74 Å². The van der Waals surface area contributed by atoms with E-state index in [4.69, 9.17) is 16.3 Å². The smallest absolute Gasteiger partial charge is 0.260 e. The van der Waals surface area contributed by atoms with Crippen LogP contribution in [0.2, 0.25) is 5.02 Å². The molecule has 27 heavy (non-hydrogen) atoms. The Balaban J connectivity index is 1.54. The summed E-state index contributed by atoms with van der Waals surface area (Å²) in [5.74, 6) is 0.384. The SMILES string of the molecule is O=C(COc1ccc(Cl)cc1)N1CCN(S(=O)(=O)c2ccc(Br)cc2)CC1. The second-order valence-electron chi connectivity index (χ2n) is 5.98. The zero-order chi connectivity index (χ0) is 19.4. The Morgan fingerprint density at radius 2 is 1.59 bits per heavy atom. The molecule has 0 aliphatic carbocycles. The van der Waals surface area contributed by atoms with Crippen LogP contribution in [0.3, 0.4) is 0 Å². The molecule has 0 unspecified atom stereocenters. The summed E-state index contributed by atoms with van der Waals surface area (Å²) >= 11 is 9.11. The van der Waals surface area contributed by atoms with E-state index in [1.165, 1.54) is 4.31 Å². The van der Waals surface area contributed by atoms with Crippen LogP contribution in [-0.4, -0.2) is 56.3 Å². The zero-order valence-corrected chi connectivity index (χ0v) is 17.5. The maximum atomic E-state index is 12.7. The zero-order valence-electron chi connectivity index (χ0n) is 14.3. The molecule has 144 valence electrons. The number of halogens is 2. The van der Waals surface area contributed by atoms with Gasteiger partial charge in [-0.3, -0.25) is 4.79 Å². The Morgan fingerprint density at radius 1 is 1.00 bits per heavy atom. The number of ether oxygens (including phenoxy) is 1. The lowest BCUT2D eigenvalue weighted by Crippen LogP contribution is -2.51. The van der Waals surface area contributed by atoms with Crippen molar-refractivity contribution in [2.75, 3.05) is 32.8 Å². The third-order valence-electron chi connectivity index (χ3n) is 4.22. The molecule has 0 spiro atoms. The van der Waals surface area contributed by atoms with E-state index in [1.807, 2.05) is 0 Å². The average Bonchev–Trinajstić information content (AvgIpc) is 2.68. The van der Waals surface area contributed by atoms with Gasteiger partial charge in [-0.2, -0.15) is 4.31 Å². The monoisotopic (exact) mass is 472 g/mol. The van der Waals surface area contributed by atoms with Gasteiger partial charge in [-0.15, -0.1) is 0 Å². The molecule has 0 atom stereocenters. The first-order chi connectivity index (χ1) is 12.9. The molecule has 0 N–H and O–H groups in total. The van der Waals surface area contributed by atoms with Crippen molar-refractivity contribution in [1.82, 2.24) is 9.21 Å². The van der Waals surface area contributed by atoms with Gasteiger partial charge in [-0.25, -0.2) is 8.42 Å². The molecule has 9 heteroatoms. The van der Waals surface area contributed by atoms with Crippen LogP contribution in [0.25, 0.3) is 0 Å². The fourth-order valence-electron chi connectivity index (χ4n) is 2.70. The first-order valence-electron chi connectivity index (χ1n) is 8.28. The number of hydrogen-bond donors (Lipinski definition) is 0. The Morgan fingerprint density at radius 3 is 2.19 bits per heavy atom. The number of nitrogens with zero attached hydrogens (tertiary/aromatic N) is 2. The molecular formula is C18H18BrClN2O4S. The lowest BCUT2D eigenvalue weighted by molar-refractivity contribution is -0.134. The van der Waals surface area contributed by atoms with Crippen molar-refractivity contribution in [3.63, 3.8) is 0 Å². The van der Waals surface area contributed by atoms with Crippen molar-refractivity contribution in [3.05, 3.63) is 58.0 Å². The third-order valence-corrected chi connectivity index (χ3v) is 6.91. The normalized spacial score (nSPS) is 15.6. The van der Waals surface area contributed by atoms with Crippen molar-refractivity contribution in [3.8, 4) is 5.75 Å². The second-order valence-corrected chi connectivity index (χ2v) is 9.27. The highest BCUT2D eigenvalue weighted by atomic mass is 79.9. The van der Waals surface area contributed by atoms with E-state index in [1.54, 1.807) is 53.4 Å². The van der Waals surface area contributed by atoms with Gasteiger partial charge in [0.1, 0.15) is 5.75 Å². The Hall–Kier alpha value is -1.61. The van der Waals surface area contributed by atoms with Gasteiger partial charge in [0.2, 0.25) is 10.0 Å². The highest BCUT2D eigenvalue weighted by Gasteiger charge is 2.30. The maximum Gasteiger partial charge on any atom is 0.260 e. The summed E-state index contributed by atoms with van der Waals surface area (Å²) in [5, 5.41) is 0.594. The van der Waals surface area contributed by atoms with Crippen molar-refractivity contribution in [2.24, 2.45) is 0 Å². The Labute approximate surface area is 171 Å². The second kappa shape index (κ2) is 8.60. The van der Waals surface area contributed by atoms with Crippen LogP contribution in [-0.2, 0) is 14.8 Å². The van der Waals surface area contributed by atoms with Gasteiger partial charge < -0.3 is 9.64 Å². The molecule has 2 aromatic carbocycles. The fraction of sp³-hybridized carbons (Fsp3) is 0.278. The molecule has 1 fully saturated rings. The largest absolute Gasteiger partial charge is 0.484 e. The summed E-state index contributed by atoms with van der Waals surface area (Å²) in [6.45, 7) is 1.08. The number of piperazine rings is 1. The lowest BCUT2D eigenvalue weighted by Gasteiger charge is -2.34. The molecule has 0 radical (unpaired) electrons. The van der Waals surface area contributed by atoms with E-state index >= 15 is 0 Å². The van der Waals surface area contributed by atoms with Gasteiger partial charge in [-0.05, 0) is 48.5 Å². The molecule has 0 saturated carbocycles. The van der Waals surface area contributed by atoms with E-state index in [9.17, 15) is 13.2 Å². The minimum absolute atomic E-state index is 0.0961. The molecule has 1 aliphatic rings. The summed E-state index contributed by atoms with van der Waals surface area (Å²) in [6.07, 6.45) is 0. The number of benzene rings is 2. The molecule has 1 aliphatic heterocycles. The van der Waals surface area contributed by atoms with Crippen LogP contribution in [0.15, 0.2) is 57.9 Å². The lowest BCUT2D eigenvalue weighted by atomic mass is 10.3. The molecule has 2 aromatic rings. The minimum Gasteiger partial charge on any atom is -0.484 e. The van der Waals surface area contributed by atoms with E-state index in [0.717, 1.165) is 4.47 Å². The maximum absolute atomic E-state index is 12.7. The van der Waals surface area contributed by atoms with Gasteiger partial charge >= 0.3 is 0 Å². The molecule has 0 aromatic heterocycles. The number of hydrogen-bond acceptors (Lipinski definition) is 4. The number of carbonyl (C=O) groups excluding carboxylic acids is 1. The topological polar surface area (TPSA) is 66.9 Å². The van der Waals surface area contributed by atoms with Gasteiger partial charge in [-0.1, -0.05) is 27.5 Å². The van der Waals surface area contributed by atoms with Crippen molar-refractivity contribution >= 4 is 43.5 Å². The molecule has 0 bridgehead atoms. The quantitative estimate of drug-likeness (QED) is 0.669. The average molecular weight is 474 g/mol. The first kappa shape index (κ1) is 20.1. The molecule has 1 heterocycles. The standard InChI is InChI=1S/C18H18BrClN2O4S/c19-14-1-7-17(8-2-14)27(24,25)22-11-9-21(10-12-22)18(23)13-26-16-5-3-15(20)4-6-16/h1-8H,9-13H2. The van der Waals surface area contributed by atoms with Gasteiger partial charge in [0.15, 0.2) is 6.61 Å². The predicted octanol–water partition coefficient (Wildman–Crippen LogP) is 3.01. The van der Waals surface area contributed by atoms with Crippen LogP contribution in [0.4, 0.5) is 0 Å². The Kier molecular flexibility index (Phi) is 6.41. The van der Waals surface area contributed by atoms with E-state index in [0.29, 0.717) is 23.9 Å². The highest BCUT2D eigenvalue weighted by molar-refractivity contribution is 9.10. The first-order valence-corrected chi connectivity index (χ1v) is 10.9. The van der Waals surface area contributed by atoms with Gasteiger partial charge in [0, 0.05) is 35.7 Å². The van der Waals surface area contributed by atoms with Gasteiger partial charge in [0.05, 0.1) is 4.90 Å².